The molecule has 86 valence electrons. The summed E-state index contributed by atoms with van der Waals surface area (Å²) in [6, 6.07) is 9.98. The maximum Gasteiger partial charge on any atom is 0.0208 e. The van der Waals surface area contributed by atoms with Crippen LogP contribution in [0, 0.1) is 0 Å². The SMILES string of the molecule is c1cc(C2CCNC2)ccc1CNC1CC1. The maximum absolute atomic E-state index is 3.55. The van der Waals surface area contributed by atoms with Gasteiger partial charge in [-0.25, -0.2) is 0 Å². The van der Waals surface area contributed by atoms with E-state index in [0.717, 1.165) is 25.0 Å². The minimum Gasteiger partial charge on any atom is -0.316 e. The highest BCUT2D eigenvalue weighted by atomic mass is 14.9. The molecule has 0 radical (unpaired) electrons. The molecule has 2 aliphatic rings. The van der Waals surface area contributed by atoms with E-state index in [-0.39, 0.29) is 0 Å². The molecule has 0 amide bonds. The van der Waals surface area contributed by atoms with Crippen LogP contribution in [-0.4, -0.2) is 19.1 Å². The lowest BCUT2D eigenvalue weighted by Gasteiger charge is -2.10. The van der Waals surface area contributed by atoms with Crippen LogP contribution in [0.4, 0.5) is 0 Å². The fourth-order valence-corrected chi connectivity index (χ4v) is 2.40. The molecule has 1 aliphatic carbocycles. The molecule has 0 bridgehead atoms. The molecule has 1 atom stereocenters. The van der Waals surface area contributed by atoms with E-state index in [2.05, 4.69) is 34.9 Å². The van der Waals surface area contributed by atoms with Gasteiger partial charge in [-0.2, -0.15) is 0 Å². The molecule has 2 nitrogen and oxygen atoms in total. The minimum absolute atomic E-state index is 0.741. The van der Waals surface area contributed by atoms with Crippen LogP contribution in [0.3, 0.4) is 0 Å². The molecule has 2 heteroatoms. The summed E-state index contributed by atoms with van der Waals surface area (Å²) in [6.07, 6.45) is 4.03. The first kappa shape index (κ1) is 10.3. The number of benzene rings is 1. The van der Waals surface area contributed by atoms with Gasteiger partial charge in [-0.15, -0.1) is 0 Å². The lowest BCUT2D eigenvalue weighted by Crippen LogP contribution is -2.15. The van der Waals surface area contributed by atoms with E-state index in [4.69, 9.17) is 0 Å². The summed E-state index contributed by atoms with van der Waals surface area (Å²) in [4.78, 5) is 0. The minimum atomic E-state index is 0.741. The number of nitrogens with one attached hydrogen (secondary N) is 2. The predicted molar refractivity (Wildman–Crippen MR) is 66.5 cm³/mol. The summed E-state index contributed by atoms with van der Waals surface area (Å²) >= 11 is 0. The van der Waals surface area contributed by atoms with Gasteiger partial charge in [0.05, 0.1) is 0 Å². The highest BCUT2D eigenvalue weighted by molar-refractivity contribution is 5.26. The molecule has 2 fully saturated rings. The average molecular weight is 216 g/mol. The predicted octanol–water partition coefficient (Wildman–Crippen LogP) is 2.02. The van der Waals surface area contributed by atoms with Gasteiger partial charge in [0.15, 0.2) is 0 Å². The van der Waals surface area contributed by atoms with E-state index in [1.807, 2.05) is 0 Å². The molecular formula is C14H20N2. The summed E-state index contributed by atoms with van der Waals surface area (Å²) < 4.78 is 0. The van der Waals surface area contributed by atoms with Crippen molar-refractivity contribution in [2.45, 2.75) is 37.8 Å². The van der Waals surface area contributed by atoms with Crippen molar-refractivity contribution in [3.8, 4) is 0 Å². The first-order valence-electron chi connectivity index (χ1n) is 6.45. The van der Waals surface area contributed by atoms with E-state index < -0.39 is 0 Å². The van der Waals surface area contributed by atoms with Crippen LogP contribution in [-0.2, 0) is 6.54 Å². The fourth-order valence-electron chi connectivity index (χ4n) is 2.40. The first-order chi connectivity index (χ1) is 7.92. The Kier molecular flexibility index (Phi) is 2.94. The van der Waals surface area contributed by atoms with Crippen molar-refractivity contribution in [1.82, 2.24) is 10.6 Å². The van der Waals surface area contributed by atoms with Crippen LogP contribution in [0.15, 0.2) is 24.3 Å². The Morgan fingerprint density at radius 1 is 1.12 bits per heavy atom. The third-order valence-corrected chi connectivity index (χ3v) is 3.68. The van der Waals surface area contributed by atoms with E-state index in [9.17, 15) is 0 Å². The summed E-state index contributed by atoms with van der Waals surface area (Å²) in [7, 11) is 0. The zero-order valence-corrected chi connectivity index (χ0v) is 9.71. The van der Waals surface area contributed by atoms with Gasteiger partial charge in [0.25, 0.3) is 0 Å². The lowest BCUT2D eigenvalue weighted by atomic mass is 9.97. The van der Waals surface area contributed by atoms with E-state index >= 15 is 0 Å². The van der Waals surface area contributed by atoms with Crippen molar-refractivity contribution in [1.29, 1.82) is 0 Å². The van der Waals surface area contributed by atoms with Crippen molar-refractivity contribution < 1.29 is 0 Å². The third-order valence-electron chi connectivity index (χ3n) is 3.68. The van der Waals surface area contributed by atoms with Gasteiger partial charge in [0, 0.05) is 19.1 Å². The van der Waals surface area contributed by atoms with Gasteiger partial charge in [0.1, 0.15) is 0 Å². The van der Waals surface area contributed by atoms with Crippen molar-refractivity contribution >= 4 is 0 Å². The van der Waals surface area contributed by atoms with Crippen LogP contribution in [0.5, 0.6) is 0 Å². The zero-order chi connectivity index (χ0) is 10.8. The molecule has 3 rings (SSSR count). The van der Waals surface area contributed by atoms with Gasteiger partial charge >= 0.3 is 0 Å². The smallest absolute Gasteiger partial charge is 0.0208 e. The number of hydrogen-bond acceptors (Lipinski definition) is 2. The zero-order valence-electron chi connectivity index (χ0n) is 9.71. The van der Waals surface area contributed by atoms with Crippen molar-refractivity contribution in [2.75, 3.05) is 13.1 Å². The topological polar surface area (TPSA) is 24.1 Å². The Morgan fingerprint density at radius 2 is 1.94 bits per heavy atom. The van der Waals surface area contributed by atoms with E-state index in [1.54, 1.807) is 0 Å². The van der Waals surface area contributed by atoms with Crippen LogP contribution in [0.2, 0.25) is 0 Å². The van der Waals surface area contributed by atoms with Gasteiger partial charge in [-0.3, -0.25) is 0 Å². The molecule has 0 spiro atoms. The quantitative estimate of drug-likeness (QED) is 0.804. The van der Waals surface area contributed by atoms with E-state index in [0.29, 0.717) is 0 Å². The Morgan fingerprint density at radius 3 is 2.56 bits per heavy atom. The van der Waals surface area contributed by atoms with Gasteiger partial charge in [-0.1, -0.05) is 24.3 Å². The molecule has 16 heavy (non-hydrogen) atoms. The molecule has 1 saturated carbocycles. The Bertz CT molecular complexity index is 334. The summed E-state index contributed by atoms with van der Waals surface area (Å²) in [5, 5.41) is 6.97. The van der Waals surface area contributed by atoms with Crippen molar-refractivity contribution in [3.63, 3.8) is 0 Å². The second-order valence-electron chi connectivity index (χ2n) is 5.09. The normalized spacial score (nSPS) is 24.9. The average Bonchev–Trinajstić information content (AvgIpc) is 3.00. The Labute approximate surface area is 97.4 Å². The molecule has 0 aromatic heterocycles. The van der Waals surface area contributed by atoms with Gasteiger partial charge in [0.2, 0.25) is 0 Å². The van der Waals surface area contributed by atoms with Crippen LogP contribution in [0.25, 0.3) is 0 Å². The third kappa shape index (κ3) is 2.45. The lowest BCUT2D eigenvalue weighted by molar-refractivity contribution is 0.686. The highest BCUT2D eigenvalue weighted by Crippen LogP contribution is 2.23. The Balaban J connectivity index is 1.59. The van der Waals surface area contributed by atoms with Gasteiger partial charge in [-0.05, 0) is 42.9 Å². The van der Waals surface area contributed by atoms with Crippen molar-refractivity contribution in [2.24, 2.45) is 0 Å². The van der Waals surface area contributed by atoms with Gasteiger partial charge < -0.3 is 10.6 Å². The monoisotopic (exact) mass is 216 g/mol. The summed E-state index contributed by atoms with van der Waals surface area (Å²) in [5.74, 6) is 0.741. The number of rotatable bonds is 4. The summed E-state index contributed by atoms with van der Waals surface area (Å²) in [6.45, 7) is 3.36. The molecule has 1 saturated heterocycles. The standard InChI is InChI=1S/C14H20N2/c1-3-12(13-7-8-15-10-13)4-2-11(1)9-16-14-5-6-14/h1-4,13-16H,5-10H2. The molecule has 1 heterocycles. The van der Waals surface area contributed by atoms with Crippen LogP contribution in [0.1, 0.15) is 36.3 Å². The molecular weight excluding hydrogens is 196 g/mol. The fraction of sp³-hybridized carbons (Fsp3) is 0.571. The molecule has 1 aromatic carbocycles. The van der Waals surface area contributed by atoms with E-state index in [1.165, 1.54) is 36.9 Å². The summed E-state index contributed by atoms with van der Waals surface area (Å²) in [5.41, 5.74) is 2.92. The largest absolute Gasteiger partial charge is 0.316 e. The van der Waals surface area contributed by atoms with Crippen LogP contribution >= 0.6 is 0 Å². The maximum atomic E-state index is 3.55. The molecule has 1 aromatic rings. The van der Waals surface area contributed by atoms with Crippen LogP contribution < -0.4 is 10.6 Å². The first-order valence-corrected chi connectivity index (χ1v) is 6.45. The molecule has 1 unspecified atom stereocenters. The Hall–Kier alpha value is -0.860. The molecule has 1 aliphatic heterocycles. The molecule has 2 N–H and O–H groups in total. The number of hydrogen-bond donors (Lipinski definition) is 2. The second kappa shape index (κ2) is 4.56. The second-order valence-corrected chi connectivity index (χ2v) is 5.09. The highest BCUT2D eigenvalue weighted by Gasteiger charge is 2.20. The van der Waals surface area contributed by atoms with Crippen molar-refractivity contribution in [3.05, 3.63) is 35.4 Å².